The van der Waals surface area contributed by atoms with Crippen LogP contribution in [0.5, 0.6) is 0 Å². The van der Waals surface area contributed by atoms with E-state index in [4.69, 9.17) is 0 Å². The summed E-state index contributed by atoms with van der Waals surface area (Å²) in [6.45, 7) is 12.8. The van der Waals surface area contributed by atoms with Crippen molar-refractivity contribution in [3.63, 3.8) is 0 Å². The Kier molecular flexibility index (Phi) is 8.24. The molecule has 1 aliphatic heterocycles. The highest BCUT2D eigenvalue weighted by Gasteiger charge is 2.35. The van der Waals surface area contributed by atoms with Crippen LogP contribution in [0.15, 0.2) is 66.9 Å². The fourth-order valence-corrected chi connectivity index (χ4v) is 7.27. The van der Waals surface area contributed by atoms with Crippen LogP contribution >= 0.6 is 10.5 Å². The Labute approximate surface area is 217 Å². The first-order valence-corrected chi connectivity index (χ1v) is 14.4. The van der Waals surface area contributed by atoms with Crippen molar-refractivity contribution in [3.8, 4) is 11.1 Å². The van der Waals surface area contributed by atoms with Gasteiger partial charge >= 0.3 is 0 Å². The van der Waals surface area contributed by atoms with Gasteiger partial charge in [-0.2, -0.15) is 10.5 Å². The first kappa shape index (κ1) is 26.5. The molecule has 1 saturated carbocycles. The molecule has 2 bridgehead atoms. The van der Waals surface area contributed by atoms with E-state index in [9.17, 15) is 8.78 Å². The molecule has 2 heterocycles. The maximum atomic E-state index is 12.8. The number of nitrogens with zero attached hydrogens (tertiary/aromatic N) is 1. The molecule has 0 amide bonds. The van der Waals surface area contributed by atoms with E-state index in [2.05, 4.69) is 81.5 Å². The van der Waals surface area contributed by atoms with Gasteiger partial charge in [-0.25, -0.2) is 8.78 Å². The summed E-state index contributed by atoms with van der Waals surface area (Å²) >= 11 is 0. The van der Waals surface area contributed by atoms with Crippen LogP contribution in [-0.4, -0.2) is 22.5 Å². The van der Waals surface area contributed by atoms with E-state index in [-0.39, 0.29) is 16.9 Å². The number of hydrogen-bond donors (Lipinski definition) is 0. The second-order valence-electron chi connectivity index (χ2n) is 10.5. The highest BCUT2D eigenvalue weighted by atomic mass is 32.2. The van der Waals surface area contributed by atoms with Crippen LogP contribution in [-0.2, 0) is 12.2 Å². The van der Waals surface area contributed by atoms with Crippen molar-refractivity contribution >= 4 is 16.4 Å². The van der Waals surface area contributed by atoms with Crippen LogP contribution in [0.2, 0.25) is 0 Å². The lowest BCUT2D eigenvalue weighted by Crippen LogP contribution is -2.07. The van der Waals surface area contributed by atoms with Gasteiger partial charge in [-0.05, 0) is 78.0 Å². The van der Waals surface area contributed by atoms with E-state index < -0.39 is 6.43 Å². The summed E-state index contributed by atoms with van der Waals surface area (Å²) in [5.41, 5.74) is 10.8. The van der Waals surface area contributed by atoms with Gasteiger partial charge in [0.25, 0.3) is 0 Å². The summed E-state index contributed by atoms with van der Waals surface area (Å²) in [5.74, 6) is 6.10. The average Bonchev–Trinajstić information content (AvgIpc) is 3.15. The van der Waals surface area contributed by atoms with Crippen LogP contribution in [0.1, 0.15) is 72.0 Å². The van der Waals surface area contributed by atoms with Crippen LogP contribution in [0, 0.1) is 13.8 Å². The molecule has 2 aliphatic rings. The van der Waals surface area contributed by atoms with Gasteiger partial charge in [0.05, 0.1) is 0 Å². The summed E-state index contributed by atoms with van der Waals surface area (Å²) < 4.78 is 25.5. The third kappa shape index (κ3) is 5.86. The third-order valence-corrected chi connectivity index (χ3v) is 9.51. The summed E-state index contributed by atoms with van der Waals surface area (Å²) in [6.07, 6.45) is 1.59. The van der Waals surface area contributed by atoms with Gasteiger partial charge in [0.1, 0.15) is 0 Å². The van der Waals surface area contributed by atoms with Gasteiger partial charge in [-0.3, -0.25) is 4.98 Å². The van der Waals surface area contributed by atoms with E-state index in [0.717, 1.165) is 29.9 Å². The van der Waals surface area contributed by atoms with E-state index >= 15 is 0 Å². The Morgan fingerprint density at radius 2 is 1.78 bits per heavy atom. The quantitative estimate of drug-likeness (QED) is 0.255. The summed E-state index contributed by atoms with van der Waals surface area (Å²) in [5, 5.41) is 0.497. The normalized spacial score (nSPS) is 20.7. The highest BCUT2D eigenvalue weighted by Crippen LogP contribution is 2.51. The second kappa shape index (κ2) is 11.2. The summed E-state index contributed by atoms with van der Waals surface area (Å²) in [6, 6.07) is 16.7. The molecule has 0 radical (unpaired) electrons. The number of alkyl halides is 2. The molecule has 190 valence electrons. The number of pyridine rings is 1. The minimum Gasteiger partial charge on any atom is -0.260 e. The SMILES string of the molecule is C=C1CC2CC1S(=C)Cc1cccc(CC(F)F)c12.Cc1ccc(-c2ccc(C(C)C)nc2)cc1C. The first-order valence-electron chi connectivity index (χ1n) is 12.7. The molecule has 1 aromatic heterocycles. The van der Waals surface area contributed by atoms with Crippen molar-refractivity contribution in [1.82, 2.24) is 4.98 Å². The predicted molar refractivity (Wildman–Crippen MR) is 153 cm³/mol. The summed E-state index contributed by atoms with van der Waals surface area (Å²) in [7, 11) is 0.0468. The molecule has 0 N–H and O–H groups in total. The zero-order valence-electron chi connectivity index (χ0n) is 21.9. The van der Waals surface area contributed by atoms with Crippen LogP contribution < -0.4 is 0 Å². The maximum Gasteiger partial charge on any atom is 0.242 e. The van der Waals surface area contributed by atoms with Crippen molar-refractivity contribution in [1.29, 1.82) is 0 Å². The Morgan fingerprint density at radius 3 is 2.42 bits per heavy atom. The molecule has 1 nitrogen and oxygen atoms in total. The number of fused-ring (bicyclic) bond motifs is 4. The van der Waals surface area contributed by atoms with Crippen molar-refractivity contribution in [2.75, 3.05) is 0 Å². The van der Waals surface area contributed by atoms with Crippen molar-refractivity contribution in [3.05, 3.63) is 100 Å². The molecular weight excluding hydrogens is 468 g/mol. The van der Waals surface area contributed by atoms with E-state index in [1.165, 1.54) is 39.0 Å². The first-order chi connectivity index (χ1) is 17.1. The zero-order valence-corrected chi connectivity index (χ0v) is 22.7. The van der Waals surface area contributed by atoms with Crippen LogP contribution in [0.3, 0.4) is 0 Å². The smallest absolute Gasteiger partial charge is 0.242 e. The fourth-order valence-electron chi connectivity index (χ4n) is 5.35. The van der Waals surface area contributed by atoms with Crippen molar-refractivity contribution < 1.29 is 8.78 Å². The average molecular weight is 506 g/mol. The molecule has 3 unspecified atom stereocenters. The maximum absolute atomic E-state index is 12.8. The van der Waals surface area contributed by atoms with Gasteiger partial charge < -0.3 is 0 Å². The Bertz CT molecular complexity index is 1260. The van der Waals surface area contributed by atoms with E-state index in [0.29, 0.717) is 17.1 Å². The topological polar surface area (TPSA) is 12.9 Å². The van der Waals surface area contributed by atoms with Crippen molar-refractivity contribution in [2.24, 2.45) is 0 Å². The minimum atomic E-state index is -2.27. The Balaban J connectivity index is 0.000000170. The summed E-state index contributed by atoms with van der Waals surface area (Å²) in [4.78, 5) is 4.51. The van der Waals surface area contributed by atoms with E-state index in [1.54, 1.807) is 0 Å². The Hall–Kier alpha value is -2.59. The third-order valence-electron chi connectivity index (χ3n) is 7.49. The van der Waals surface area contributed by atoms with Crippen LogP contribution in [0.25, 0.3) is 11.1 Å². The molecule has 0 spiro atoms. The molecule has 4 heteroatoms. The van der Waals surface area contributed by atoms with Gasteiger partial charge in [-0.1, -0.05) is 74.3 Å². The zero-order chi connectivity index (χ0) is 26.0. The van der Waals surface area contributed by atoms with Gasteiger partial charge in [0.2, 0.25) is 6.43 Å². The molecule has 5 rings (SSSR count). The molecular formula is C32H37F2NS. The van der Waals surface area contributed by atoms with Gasteiger partial charge in [0.15, 0.2) is 0 Å². The predicted octanol–water partition coefficient (Wildman–Crippen LogP) is 9.00. The lowest BCUT2D eigenvalue weighted by Gasteiger charge is -2.20. The number of halogens is 2. The molecule has 2 aromatic carbocycles. The molecule has 0 saturated heterocycles. The molecule has 1 aliphatic carbocycles. The minimum absolute atomic E-state index is 0.0468. The number of hydrogen-bond acceptors (Lipinski definition) is 1. The number of rotatable bonds is 4. The number of benzene rings is 2. The lowest BCUT2D eigenvalue weighted by atomic mass is 9.88. The van der Waals surface area contributed by atoms with E-state index in [1.807, 2.05) is 18.3 Å². The second-order valence-corrected chi connectivity index (χ2v) is 12.4. The van der Waals surface area contributed by atoms with Gasteiger partial charge in [0, 0.05) is 34.9 Å². The van der Waals surface area contributed by atoms with Crippen LogP contribution in [0.4, 0.5) is 8.78 Å². The van der Waals surface area contributed by atoms with Gasteiger partial charge in [-0.15, -0.1) is 0 Å². The Morgan fingerprint density at radius 1 is 1.03 bits per heavy atom. The molecule has 3 atom stereocenters. The standard InChI is InChI=1S/C16H18F2S.C16H19N/c1-10-6-13-7-14(10)19(2)9-12-5-3-4-11(16(12)13)8-15(17)18;1-11(2)16-8-7-15(10-17-16)14-6-5-12(3)13(4)9-14/h3-5,13-15H,1-2,6-9H2;5-11H,1-4H3. The highest BCUT2D eigenvalue weighted by molar-refractivity contribution is 8.14. The molecule has 1 fully saturated rings. The molecule has 3 aromatic rings. The number of aromatic nitrogens is 1. The monoisotopic (exact) mass is 505 g/mol. The fraction of sp³-hybridized carbons (Fsp3) is 0.375. The number of aryl methyl sites for hydroxylation is 2. The largest absolute Gasteiger partial charge is 0.260 e. The van der Waals surface area contributed by atoms with Crippen molar-refractivity contribution in [2.45, 2.75) is 76.2 Å². The lowest BCUT2D eigenvalue weighted by molar-refractivity contribution is 0.148. The molecule has 36 heavy (non-hydrogen) atoms.